The molecule has 0 atom stereocenters. The van der Waals surface area contributed by atoms with E-state index < -0.39 is 0 Å². The number of aromatic amines is 1. The Bertz CT molecular complexity index is 774. The van der Waals surface area contributed by atoms with Crippen LogP contribution in [-0.2, 0) is 6.42 Å². The maximum atomic E-state index is 13.0. The average Bonchev–Trinajstić information content (AvgIpc) is 2.98. The van der Waals surface area contributed by atoms with Gasteiger partial charge in [-0.15, -0.1) is 0 Å². The molecule has 0 unspecified atom stereocenters. The van der Waals surface area contributed by atoms with Crippen LogP contribution in [0.1, 0.15) is 46.0 Å². The number of hydrogen-bond donors (Lipinski definition) is 1. The van der Waals surface area contributed by atoms with Crippen molar-refractivity contribution in [2.45, 2.75) is 27.2 Å². The van der Waals surface area contributed by atoms with E-state index in [9.17, 15) is 9.59 Å². The third-order valence-corrected chi connectivity index (χ3v) is 4.75. The van der Waals surface area contributed by atoms with E-state index in [1.807, 2.05) is 36.9 Å². The molecule has 1 fully saturated rings. The van der Waals surface area contributed by atoms with Crippen molar-refractivity contribution < 1.29 is 9.59 Å². The number of anilines is 1. The van der Waals surface area contributed by atoms with Gasteiger partial charge in [0.1, 0.15) is 11.5 Å². The van der Waals surface area contributed by atoms with E-state index in [0.29, 0.717) is 30.8 Å². The smallest absolute Gasteiger partial charge is 0.270 e. The fraction of sp³-hybridized carbons (Fsp3) is 0.421. The van der Waals surface area contributed by atoms with Gasteiger partial charge in [0, 0.05) is 43.6 Å². The first kappa shape index (κ1) is 17.2. The summed E-state index contributed by atoms with van der Waals surface area (Å²) in [5.74, 6) is 0.927. The molecule has 0 bridgehead atoms. The molecule has 3 heterocycles. The number of carbonyl (C=O) groups is 2. The van der Waals surface area contributed by atoms with Gasteiger partial charge in [-0.25, -0.2) is 4.98 Å². The van der Waals surface area contributed by atoms with Gasteiger partial charge in [-0.2, -0.15) is 0 Å². The predicted octanol–water partition coefficient (Wildman–Crippen LogP) is 2.45. The maximum absolute atomic E-state index is 13.0. The van der Waals surface area contributed by atoms with Gasteiger partial charge in [0.15, 0.2) is 5.78 Å². The lowest BCUT2D eigenvalue weighted by Gasteiger charge is -2.35. The molecule has 1 N–H and O–H groups in total. The topological polar surface area (TPSA) is 69.3 Å². The van der Waals surface area contributed by atoms with Crippen molar-refractivity contribution in [1.29, 1.82) is 0 Å². The normalized spacial score (nSPS) is 14.7. The largest absolute Gasteiger partial charge is 0.354 e. The summed E-state index contributed by atoms with van der Waals surface area (Å²) >= 11 is 0. The molecule has 6 nitrogen and oxygen atoms in total. The van der Waals surface area contributed by atoms with E-state index in [0.717, 1.165) is 30.2 Å². The van der Waals surface area contributed by atoms with Gasteiger partial charge in [0.25, 0.3) is 5.91 Å². The molecule has 0 saturated carbocycles. The summed E-state index contributed by atoms with van der Waals surface area (Å²) in [5, 5.41) is 0. The summed E-state index contributed by atoms with van der Waals surface area (Å²) < 4.78 is 0. The number of nitrogens with zero attached hydrogens (tertiary/aromatic N) is 3. The number of rotatable bonds is 4. The molecule has 1 aliphatic heterocycles. The number of H-pyrrole nitrogens is 1. The lowest BCUT2D eigenvalue weighted by atomic mass is 10.0. The van der Waals surface area contributed by atoms with Crippen LogP contribution in [0, 0.1) is 6.92 Å². The molecule has 25 heavy (non-hydrogen) atoms. The first-order valence-corrected chi connectivity index (χ1v) is 8.70. The number of amides is 1. The molecular weight excluding hydrogens is 316 g/mol. The summed E-state index contributed by atoms with van der Waals surface area (Å²) in [7, 11) is 0. The van der Waals surface area contributed by atoms with E-state index in [4.69, 9.17) is 0 Å². The van der Waals surface area contributed by atoms with Crippen molar-refractivity contribution in [1.82, 2.24) is 14.9 Å². The second-order valence-electron chi connectivity index (χ2n) is 6.36. The number of aryl methyl sites for hydroxylation is 1. The number of nitrogens with one attached hydrogen (secondary N) is 1. The van der Waals surface area contributed by atoms with Gasteiger partial charge in [-0.05, 0) is 38.0 Å². The summed E-state index contributed by atoms with van der Waals surface area (Å²) in [5.41, 5.74) is 2.84. The van der Waals surface area contributed by atoms with Crippen LogP contribution >= 0.6 is 0 Å². The molecule has 3 rings (SSSR count). The SMILES string of the molecule is CCc1c(C(=O)N2CCN(c3ccccn3)CC2)[nH]c(C)c1C(C)=O. The Hall–Kier alpha value is -2.63. The van der Waals surface area contributed by atoms with Crippen LogP contribution < -0.4 is 4.90 Å². The van der Waals surface area contributed by atoms with Crippen LogP contribution in [0.5, 0.6) is 0 Å². The lowest BCUT2D eigenvalue weighted by molar-refractivity contribution is 0.0740. The van der Waals surface area contributed by atoms with Crippen LogP contribution in [0.3, 0.4) is 0 Å². The Morgan fingerprint density at radius 1 is 1.20 bits per heavy atom. The van der Waals surface area contributed by atoms with Crippen LogP contribution in [0.15, 0.2) is 24.4 Å². The van der Waals surface area contributed by atoms with Gasteiger partial charge in [0.05, 0.1) is 0 Å². The molecule has 0 radical (unpaired) electrons. The zero-order chi connectivity index (χ0) is 18.0. The maximum Gasteiger partial charge on any atom is 0.270 e. The number of piperazine rings is 1. The number of hydrogen-bond acceptors (Lipinski definition) is 4. The molecule has 0 aliphatic carbocycles. The third-order valence-electron chi connectivity index (χ3n) is 4.75. The van der Waals surface area contributed by atoms with Crippen LogP contribution in [0.25, 0.3) is 0 Å². The highest BCUT2D eigenvalue weighted by Crippen LogP contribution is 2.22. The Morgan fingerprint density at radius 2 is 1.92 bits per heavy atom. The molecule has 1 amide bonds. The molecule has 0 spiro atoms. The van der Waals surface area contributed by atoms with Crippen LogP contribution in [-0.4, -0.2) is 52.7 Å². The minimum atomic E-state index is -0.0203. The molecule has 2 aromatic rings. The fourth-order valence-corrected chi connectivity index (χ4v) is 3.53. The molecule has 1 aliphatic rings. The number of ketones is 1. The van der Waals surface area contributed by atoms with Gasteiger partial charge in [-0.3, -0.25) is 9.59 Å². The van der Waals surface area contributed by atoms with Gasteiger partial charge in [0.2, 0.25) is 0 Å². The lowest BCUT2D eigenvalue weighted by Crippen LogP contribution is -2.49. The second kappa shape index (κ2) is 7.09. The van der Waals surface area contributed by atoms with E-state index in [2.05, 4.69) is 14.9 Å². The number of Topliss-reactive ketones (excluding diaryl/α,β-unsaturated/α-hetero) is 1. The highest BCUT2D eigenvalue weighted by molar-refractivity contribution is 6.02. The monoisotopic (exact) mass is 340 g/mol. The van der Waals surface area contributed by atoms with Crippen molar-refractivity contribution in [2.75, 3.05) is 31.1 Å². The van der Waals surface area contributed by atoms with Crippen molar-refractivity contribution >= 4 is 17.5 Å². The van der Waals surface area contributed by atoms with Gasteiger partial charge < -0.3 is 14.8 Å². The Morgan fingerprint density at radius 3 is 2.48 bits per heavy atom. The molecule has 6 heteroatoms. The quantitative estimate of drug-likeness (QED) is 0.868. The molecular formula is C19H24N4O2. The number of pyridine rings is 1. The summed E-state index contributed by atoms with van der Waals surface area (Å²) in [6, 6.07) is 5.86. The molecule has 0 aromatic carbocycles. The summed E-state index contributed by atoms with van der Waals surface area (Å²) in [4.78, 5) is 36.4. The summed E-state index contributed by atoms with van der Waals surface area (Å²) in [6.45, 7) is 8.18. The number of carbonyl (C=O) groups excluding carboxylic acids is 2. The number of aromatic nitrogens is 2. The van der Waals surface area contributed by atoms with Crippen molar-refractivity contribution in [3.05, 3.63) is 46.9 Å². The zero-order valence-electron chi connectivity index (χ0n) is 15.0. The first-order valence-electron chi connectivity index (χ1n) is 8.70. The Labute approximate surface area is 147 Å². The van der Waals surface area contributed by atoms with E-state index in [1.165, 1.54) is 0 Å². The second-order valence-corrected chi connectivity index (χ2v) is 6.36. The van der Waals surface area contributed by atoms with E-state index in [-0.39, 0.29) is 11.7 Å². The zero-order valence-corrected chi connectivity index (χ0v) is 15.0. The van der Waals surface area contributed by atoms with E-state index in [1.54, 1.807) is 13.1 Å². The fourth-order valence-electron chi connectivity index (χ4n) is 3.53. The van der Waals surface area contributed by atoms with Crippen LogP contribution in [0.4, 0.5) is 5.82 Å². The van der Waals surface area contributed by atoms with E-state index >= 15 is 0 Å². The molecule has 132 valence electrons. The Balaban J connectivity index is 1.75. The van der Waals surface area contributed by atoms with Gasteiger partial charge >= 0.3 is 0 Å². The highest BCUT2D eigenvalue weighted by atomic mass is 16.2. The van der Waals surface area contributed by atoms with Gasteiger partial charge in [-0.1, -0.05) is 13.0 Å². The average molecular weight is 340 g/mol. The molecule has 2 aromatic heterocycles. The molecule has 1 saturated heterocycles. The van der Waals surface area contributed by atoms with Crippen molar-refractivity contribution in [3.63, 3.8) is 0 Å². The minimum absolute atomic E-state index is 0.00428. The summed E-state index contributed by atoms with van der Waals surface area (Å²) in [6.07, 6.45) is 2.44. The standard InChI is InChI=1S/C19H24N4O2/c1-4-15-17(14(3)24)13(2)21-18(15)19(25)23-11-9-22(10-12-23)16-7-5-6-8-20-16/h5-8,21H,4,9-12H2,1-3H3. The third kappa shape index (κ3) is 3.29. The Kier molecular flexibility index (Phi) is 4.88. The van der Waals surface area contributed by atoms with Crippen molar-refractivity contribution in [2.24, 2.45) is 0 Å². The van der Waals surface area contributed by atoms with Crippen LogP contribution in [0.2, 0.25) is 0 Å². The predicted molar refractivity (Wildman–Crippen MR) is 97.3 cm³/mol. The minimum Gasteiger partial charge on any atom is -0.354 e. The highest BCUT2D eigenvalue weighted by Gasteiger charge is 2.27. The first-order chi connectivity index (χ1) is 12.0. The van der Waals surface area contributed by atoms with Crippen molar-refractivity contribution in [3.8, 4) is 0 Å².